The maximum absolute atomic E-state index is 5.17. The molecule has 0 aromatic carbocycles. The third kappa shape index (κ3) is 5.61. The van der Waals surface area contributed by atoms with Gasteiger partial charge in [-0.15, -0.1) is 0 Å². The Balaban J connectivity index is 2.41. The molecule has 0 fully saturated rings. The highest BCUT2D eigenvalue weighted by Gasteiger charge is 2.15. The zero-order valence-corrected chi connectivity index (χ0v) is 11.9. The Hall–Kier alpha value is -0.930. The molecule has 2 unspecified atom stereocenters. The number of nitrogens with one attached hydrogen (secondary N) is 1. The first-order chi connectivity index (χ1) is 8.77. The monoisotopic (exact) mass is 250 g/mol. The van der Waals surface area contributed by atoms with E-state index >= 15 is 0 Å². The Morgan fingerprint density at radius 2 is 2.22 bits per heavy atom. The average molecular weight is 250 g/mol. The van der Waals surface area contributed by atoms with Crippen molar-refractivity contribution in [2.24, 2.45) is 5.92 Å². The second-order valence-electron chi connectivity index (χ2n) is 4.82. The fourth-order valence-corrected chi connectivity index (χ4v) is 2.22. The van der Waals surface area contributed by atoms with Gasteiger partial charge in [-0.05, 0) is 43.4 Å². The Labute approximate surface area is 111 Å². The number of hydrogen-bond acceptors (Lipinski definition) is 3. The first kappa shape index (κ1) is 15.1. The highest BCUT2D eigenvalue weighted by molar-refractivity contribution is 5.08. The number of ether oxygens (including phenoxy) is 1. The molecular weight excluding hydrogens is 224 g/mol. The summed E-state index contributed by atoms with van der Waals surface area (Å²) in [4.78, 5) is 4.16. The predicted octanol–water partition coefficient (Wildman–Crippen LogP) is 2.66. The second-order valence-corrected chi connectivity index (χ2v) is 4.82. The van der Waals surface area contributed by atoms with E-state index in [1.807, 2.05) is 18.5 Å². The summed E-state index contributed by atoms with van der Waals surface area (Å²) < 4.78 is 5.17. The number of hydrogen-bond donors (Lipinski definition) is 1. The highest BCUT2D eigenvalue weighted by Crippen LogP contribution is 2.14. The molecule has 2 atom stereocenters. The zero-order valence-electron chi connectivity index (χ0n) is 11.9. The Bertz CT molecular complexity index is 303. The molecule has 3 heteroatoms. The first-order valence-electron chi connectivity index (χ1n) is 6.89. The normalized spacial score (nSPS) is 14.4. The van der Waals surface area contributed by atoms with Gasteiger partial charge in [0.1, 0.15) is 0 Å². The van der Waals surface area contributed by atoms with Crippen LogP contribution in [0.25, 0.3) is 0 Å². The molecule has 0 saturated heterocycles. The topological polar surface area (TPSA) is 34.2 Å². The van der Waals surface area contributed by atoms with Crippen LogP contribution in [0.4, 0.5) is 0 Å². The van der Waals surface area contributed by atoms with Crippen molar-refractivity contribution in [1.29, 1.82) is 0 Å². The minimum absolute atomic E-state index is 0.561. The van der Waals surface area contributed by atoms with Crippen LogP contribution in [0.2, 0.25) is 0 Å². The zero-order chi connectivity index (χ0) is 13.2. The third-order valence-electron chi connectivity index (χ3n) is 3.40. The smallest absolute Gasteiger partial charge is 0.0465 e. The summed E-state index contributed by atoms with van der Waals surface area (Å²) in [6.45, 7) is 6.33. The van der Waals surface area contributed by atoms with E-state index < -0.39 is 0 Å². The summed E-state index contributed by atoms with van der Waals surface area (Å²) in [6.07, 6.45) is 7.14. The summed E-state index contributed by atoms with van der Waals surface area (Å²) in [5.41, 5.74) is 1.32. The Kier molecular flexibility index (Phi) is 7.62. The van der Waals surface area contributed by atoms with Crippen LogP contribution in [0.5, 0.6) is 0 Å². The van der Waals surface area contributed by atoms with Crippen LogP contribution >= 0.6 is 0 Å². The van der Waals surface area contributed by atoms with Crippen LogP contribution in [0, 0.1) is 5.92 Å². The van der Waals surface area contributed by atoms with E-state index in [1.165, 1.54) is 5.56 Å². The highest BCUT2D eigenvalue weighted by atomic mass is 16.5. The number of rotatable bonds is 9. The van der Waals surface area contributed by atoms with E-state index in [0.717, 1.165) is 32.4 Å². The summed E-state index contributed by atoms with van der Waals surface area (Å²) in [6, 6.07) is 4.72. The lowest BCUT2D eigenvalue weighted by Crippen LogP contribution is -2.35. The molecule has 102 valence electrons. The molecule has 1 aromatic heterocycles. The van der Waals surface area contributed by atoms with Crippen LogP contribution in [0.15, 0.2) is 24.5 Å². The molecule has 1 heterocycles. The van der Waals surface area contributed by atoms with E-state index in [4.69, 9.17) is 4.74 Å². The van der Waals surface area contributed by atoms with E-state index in [9.17, 15) is 0 Å². The van der Waals surface area contributed by atoms with E-state index in [0.29, 0.717) is 12.0 Å². The minimum atomic E-state index is 0.561. The van der Waals surface area contributed by atoms with Crippen molar-refractivity contribution >= 4 is 0 Å². The SMILES string of the molecule is CCNC(CCc1cccnc1)C(C)CCOC. The summed E-state index contributed by atoms with van der Waals surface area (Å²) in [5.74, 6) is 0.640. The molecule has 0 saturated carbocycles. The molecule has 0 radical (unpaired) electrons. The van der Waals surface area contributed by atoms with Crippen molar-refractivity contribution in [2.75, 3.05) is 20.3 Å². The molecule has 0 amide bonds. The number of aromatic nitrogens is 1. The van der Waals surface area contributed by atoms with Crippen LogP contribution in [-0.2, 0) is 11.2 Å². The van der Waals surface area contributed by atoms with Crippen molar-refractivity contribution in [3.05, 3.63) is 30.1 Å². The second kappa shape index (κ2) is 9.06. The van der Waals surface area contributed by atoms with Gasteiger partial charge in [0.25, 0.3) is 0 Å². The van der Waals surface area contributed by atoms with Crippen LogP contribution < -0.4 is 5.32 Å². The molecule has 3 nitrogen and oxygen atoms in total. The van der Waals surface area contributed by atoms with E-state index in [-0.39, 0.29) is 0 Å². The van der Waals surface area contributed by atoms with Gasteiger partial charge in [-0.2, -0.15) is 0 Å². The largest absolute Gasteiger partial charge is 0.385 e. The summed E-state index contributed by atoms with van der Waals surface area (Å²) in [7, 11) is 1.77. The Morgan fingerprint density at radius 1 is 1.39 bits per heavy atom. The minimum Gasteiger partial charge on any atom is -0.385 e. The van der Waals surface area contributed by atoms with Crippen molar-refractivity contribution in [2.45, 2.75) is 39.2 Å². The fourth-order valence-electron chi connectivity index (χ4n) is 2.22. The third-order valence-corrected chi connectivity index (χ3v) is 3.40. The quantitative estimate of drug-likeness (QED) is 0.731. The summed E-state index contributed by atoms with van der Waals surface area (Å²) in [5, 5.41) is 3.59. The van der Waals surface area contributed by atoms with Gasteiger partial charge in [-0.25, -0.2) is 0 Å². The van der Waals surface area contributed by atoms with Gasteiger partial charge in [-0.3, -0.25) is 4.98 Å². The van der Waals surface area contributed by atoms with E-state index in [2.05, 4.69) is 30.2 Å². The molecule has 18 heavy (non-hydrogen) atoms. The van der Waals surface area contributed by atoms with Crippen molar-refractivity contribution < 1.29 is 4.74 Å². The number of pyridine rings is 1. The fraction of sp³-hybridized carbons (Fsp3) is 0.667. The number of nitrogens with zero attached hydrogens (tertiary/aromatic N) is 1. The lowest BCUT2D eigenvalue weighted by molar-refractivity contribution is 0.169. The molecule has 0 spiro atoms. The van der Waals surface area contributed by atoms with Gasteiger partial charge in [-0.1, -0.05) is 19.9 Å². The van der Waals surface area contributed by atoms with Gasteiger partial charge in [0, 0.05) is 32.2 Å². The lowest BCUT2D eigenvalue weighted by Gasteiger charge is -2.24. The van der Waals surface area contributed by atoms with Gasteiger partial charge >= 0.3 is 0 Å². The van der Waals surface area contributed by atoms with Crippen molar-refractivity contribution in [3.8, 4) is 0 Å². The average Bonchev–Trinajstić information content (AvgIpc) is 2.42. The van der Waals surface area contributed by atoms with Crippen molar-refractivity contribution in [3.63, 3.8) is 0 Å². The van der Waals surface area contributed by atoms with Crippen LogP contribution in [0.3, 0.4) is 0 Å². The number of aryl methyl sites for hydroxylation is 1. The maximum atomic E-state index is 5.17. The molecule has 1 aromatic rings. The molecule has 1 N–H and O–H groups in total. The standard InChI is InChI=1S/C15H26N2O/c1-4-17-15(13(2)9-11-18-3)8-7-14-6-5-10-16-12-14/h5-6,10,12-13,15,17H,4,7-9,11H2,1-3H3. The van der Waals surface area contributed by atoms with Gasteiger partial charge in [0.15, 0.2) is 0 Å². The first-order valence-corrected chi connectivity index (χ1v) is 6.89. The molecule has 1 rings (SSSR count). The Morgan fingerprint density at radius 3 is 2.83 bits per heavy atom. The molecule has 0 aliphatic rings. The maximum Gasteiger partial charge on any atom is 0.0465 e. The molecular formula is C15H26N2O. The molecule has 0 aliphatic carbocycles. The van der Waals surface area contributed by atoms with Gasteiger partial charge < -0.3 is 10.1 Å². The summed E-state index contributed by atoms with van der Waals surface area (Å²) >= 11 is 0. The lowest BCUT2D eigenvalue weighted by atomic mass is 9.93. The van der Waals surface area contributed by atoms with E-state index in [1.54, 1.807) is 7.11 Å². The van der Waals surface area contributed by atoms with Crippen molar-refractivity contribution in [1.82, 2.24) is 10.3 Å². The predicted molar refractivity (Wildman–Crippen MR) is 75.7 cm³/mol. The van der Waals surface area contributed by atoms with Crippen LogP contribution in [0.1, 0.15) is 32.3 Å². The van der Waals surface area contributed by atoms with Crippen LogP contribution in [-0.4, -0.2) is 31.3 Å². The van der Waals surface area contributed by atoms with Gasteiger partial charge in [0.05, 0.1) is 0 Å². The molecule has 0 bridgehead atoms. The molecule has 0 aliphatic heterocycles. The van der Waals surface area contributed by atoms with Gasteiger partial charge in [0.2, 0.25) is 0 Å². The number of methoxy groups -OCH3 is 1.